The smallest absolute Gasteiger partial charge is 0.366 e. The Labute approximate surface area is 107 Å². The lowest BCUT2D eigenvalue weighted by molar-refractivity contribution is -0.137. The number of carbonyl (C=O) groups is 1. The van der Waals surface area contributed by atoms with E-state index in [0.29, 0.717) is 19.7 Å². The van der Waals surface area contributed by atoms with Crippen LogP contribution in [-0.4, -0.2) is 31.7 Å². The summed E-state index contributed by atoms with van der Waals surface area (Å²) < 4.78 is 43.4. The van der Waals surface area contributed by atoms with Gasteiger partial charge in [0.25, 0.3) is 5.91 Å². The van der Waals surface area contributed by atoms with Gasteiger partial charge in [0.1, 0.15) is 6.10 Å². The molecule has 0 aromatic heterocycles. The first-order valence-electron chi connectivity index (χ1n) is 5.78. The number of alkyl halides is 3. The predicted octanol–water partition coefficient (Wildman–Crippen LogP) is 1.63. The number of hydrogen-bond donors (Lipinski definition) is 2. The van der Waals surface area contributed by atoms with Crippen molar-refractivity contribution in [1.82, 2.24) is 5.32 Å². The van der Waals surface area contributed by atoms with Gasteiger partial charge in [0, 0.05) is 13.1 Å². The molecule has 0 radical (unpaired) electrons. The van der Waals surface area contributed by atoms with Crippen molar-refractivity contribution in [3.05, 3.63) is 29.8 Å². The Morgan fingerprint density at radius 2 is 2.11 bits per heavy atom. The Bertz CT molecular complexity index is 457. The molecule has 0 bridgehead atoms. The van der Waals surface area contributed by atoms with Crippen LogP contribution in [0.25, 0.3) is 0 Å². The van der Waals surface area contributed by atoms with E-state index in [1.54, 1.807) is 0 Å². The Hall–Kier alpha value is -1.60. The molecular formula is C12H13F3N2O2. The van der Waals surface area contributed by atoms with E-state index in [9.17, 15) is 18.0 Å². The summed E-state index contributed by atoms with van der Waals surface area (Å²) in [5, 5.41) is 5.20. The number of benzene rings is 1. The zero-order valence-electron chi connectivity index (χ0n) is 9.96. The third-order valence-corrected chi connectivity index (χ3v) is 2.71. The van der Waals surface area contributed by atoms with Crippen molar-refractivity contribution in [2.75, 3.05) is 25.0 Å². The fourth-order valence-electron chi connectivity index (χ4n) is 1.79. The maximum atomic E-state index is 12.7. The molecule has 4 nitrogen and oxygen atoms in total. The van der Waals surface area contributed by atoms with Crippen molar-refractivity contribution in [3.63, 3.8) is 0 Å². The minimum absolute atomic E-state index is 0.255. The van der Waals surface area contributed by atoms with E-state index in [1.165, 1.54) is 18.2 Å². The van der Waals surface area contributed by atoms with Crippen molar-refractivity contribution in [2.45, 2.75) is 12.3 Å². The van der Waals surface area contributed by atoms with E-state index in [4.69, 9.17) is 4.74 Å². The molecule has 1 saturated heterocycles. The molecule has 19 heavy (non-hydrogen) atoms. The van der Waals surface area contributed by atoms with Gasteiger partial charge in [-0.15, -0.1) is 0 Å². The maximum absolute atomic E-state index is 12.7. The standard InChI is InChI=1S/C12H13F3N2O2/c13-12(14,15)8-3-1-2-4-9(8)17-11(18)10-7-16-5-6-19-10/h1-4,10,16H,5-7H2,(H,17,18). The lowest BCUT2D eigenvalue weighted by Crippen LogP contribution is -2.45. The average Bonchev–Trinajstić information content (AvgIpc) is 2.39. The van der Waals surface area contributed by atoms with Crippen molar-refractivity contribution >= 4 is 11.6 Å². The van der Waals surface area contributed by atoms with E-state index in [0.717, 1.165) is 6.07 Å². The van der Waals surface area contributed by atoms with Crippen LogP contribution >= 0.6 is 0 Å². The molecule has 2 N–H and O–H groups in total. The van der Waals surface area contributed by atoms with Gasteiger partial charge in [0.15, 0.2) is 0 Å². The number of para-hydroxylation sites is 1. The second-order valence-electron chi connectivity index (χ2n) is 4.10. The highest BCUT2D eigenvalue weighted by atomic mass is 19.4. The van der Waals surface area contributed by atoms with Crippen LogP contribution in [0, 0.1) is 0 Å². The Morgan fingerprint density at radius 1 is 1.37 bits per heavy atom. The minimum atomic E-state index is -4.50. The molecule has 1 fully saturated rings. The van der Waals surface area contributed by atoms with Crippen molar-refractivity contribution < 1.29 is 22.7 Å². The molecule has 1 aliphatic heterocycles. The summed E-state index contributed by atoms with van der Waals surface area (Å²) in [7, 11) is 0. The molecule has 0 aliphatic carbocycles. The number of morpholine rings is 1. The van der Waals surface area contributed by atoms with Crippen LogP contribution in [0.2, 0.25) is 0 Å². The molecule has 7 heteroatoms. The third-order valence-electron chi connectivity index (χ3n) is 2.71. The first kappa shape index (κ1) is 13.8. The summed E-state index contributed by atoms with van der Waals surface area (Å²) in [5.41, 5.74) is -1.12. The second kappa shape index (κ2) is 5.58. The first-order chi connectivity index (χ1) is 8.98. The lowest BCUT2D eigenvalue weighted by Gasteiger charge is -2.23. The van der Waals surface area contributed by atoms with Gasteiger partial charge in [-0.3, -0.25) is 4.79 Å². The number of rotatable bonds is 2. The highest BCUT2D eigenvalue weighted by molar-refractivity contribution is 5.95. The SMILES string of the molecule is O=C(Nc1ccccc1C(F)(F)F)C1CNCCO1. The number of ether oxygens (including phenoxy) is 1. The van der Waals surface area contributed by atoms with Crippen LogP contribution < -0.4 is 10.6 Å². The number of nitrogens with one attached hydrogen (secondary N) is 2. The summed E-state index contributed by atoms with van der Waals surface area (Å²) in [5.74, 6) is -0.580. The quantitative estimate of drug-likeness (QED) is 0.862. The van der Waals surface area contributed by atoms with Gasteiger partial charge in [-0.05, 0) is 12.1 Å². The van der Waals surface area contributed by atoms with Gasteiger partial charge in [-0.2, -0.15) is 13.2 Å². The molecule has 2 rings (SSSR count). The first-order valence-corrected chi connectivity index (χ1v) is 5.78. The average molecular weight is 274 g/mol. The molecule has 0 spiro atoms. The van der Waals surface area contributed by atoms with Crippen LogP contribution in [-0.2, 0) is 15.7 Å². The predicted molar refractivity (Wildman–Crippen MR) is 62.7 cm³/mol. The van der Waals surface area contributed by atoms with Crippen molar-refractivity contribution in [3.8, 4) is 0 Å². The van der Waals surface area contributed by atoms with Crippen molar-refractivity contribution in [2.24, 2.45) is 0 Å². The van der Waals surface area contributed by atoms with Crippen LogP contribution in [0.1, 0.15) is 5.56 Å². The summed E-state index contributed by atoms with van der Waals surface area (Å²) in [4.78, 5) is 11.8. The normalized spacial score (nSPS) is 20.1. The Morgan fingerprint density at radius 3 is 2.74 bits per heavy atom. The number of anilines is 1. The Kier molecular flexibility index (Phi) is 4.06. The van der Waals surface area contributed by atoms with Gasteiger partial charge in [0.2, 0.25) is 0 Å². The molecule has 1 aliphatic rings. The molecule has 1 atom stereocenters. The lowest BCUT2D eigenvalue weighted by atomic mass is 10.1. The molecule has 1 unspecified atom stereocenters. The molecule has 1 aromatic rings. The number of amides is 1. The minimum Gasteiger partial charge on any atom is -0.366 e. The third kappa shape index (κ3) is 3.45. The van der Waals surface area contributed by atoms with Gasteiger partial charge in [-0.1, -0.05) is 12.1 Å². The maximum Gasteiger partial charge on any atom is 0.418 e. The fraction of sp³-hybridized carbons (Fsp3) is 0.417. The van der Waals surface area contributed by atoms with Gasteiger partial charge in [-0.25, -0.2) is 0 Å². The van der Waals surface area contributed by atoms with Gasteiger partial charge in [0.05, 0.1) is 17.9 Å². The topological polar surface area (TPSA) is 50.4 Å². The largest absolute Gasteiger partial charge is 0.418 e. The van der Waals surface area contributed by atoms with E-state index in [-0.39, 0.29) is 5.69 Å². The molecule has 1 heterocycles. The molecular weight excluding hydrogens is 261 g/mol. The van der Waals surface area contributed by atoms with Gasteiger partial charge < -0.3 is 15.4 Å². The fourth-order valence-corrected chi connectivity index (χ4v) is 1.79. The van der Waals surface area contributed by atoms with Crippen LogP contribution in [0.15, 0.2) is 24.3 Å². The molecule has 104 valence electrons. The highest BCUT2D eigenvalue weighted by Gasteiger charge is 2.34. The van der Waals surface area contributed by atoms with E-state index in [1.807, 2.05) is 0 Å². The van der Waals surface area contributed by atoms with E-state index in [2.05, 4.69) is 10.6 Å². The zero-order chi connectivity index (χ0) is 13.9. The van der Waals surface area contributed by atoms with Crippen LogP contribution in [0.3, 0.4) is 0 Å². The summed E-state index contributed by atoms with van der Waals surface area (Å²) >= 11 is 0. The van der Waals surface area contributed by atoms with Crippen LogP contribution in [0.4, 0.5) is 18.9 Å². The highest BCUT2D eigenvalue weighted by Crippen LogP contribution is 2.34. The molecule has 1 amide bonds. The summed E-state index contributed by atoms with van der Waals surface area (Å²) in [6.45, 7) is 1.28. The van der Waals surface area contributed by atoms with Crippen LogP contribution in [0.5, 0.6) is 0 Å². The van der Waals surface area contributed by atoms with Gasteiger partial charge >= 0.3 is 6.18 Å². The number of halogens is 3. The Balaban J connectivity index is 2.12. The van der Waals surface area contributed by atoms with E-state index >= 15 is 0 Å². The second-order valence-corrected chi connectivity index (χ2v) is 4.10. The van der Waals surface area contributed by atoms with E-state index < -0.39 is 23.8 Å². The number of hydrogen-bond acceptors (Lipinski definition) is 3. The summed E-state index contributed by atoms with van der Waals surface area (Å²) in [6, 6.07) is 4.86. The van der Waals surface area contributed by atoms with Crippen molar-refractivity contribution in [1.29, 1.82) is 0 Å². The number of carbonyl (C=O) groups excluding carboxylic acids is 1. The zero-order valence-corrected chi connectivity index (χ0v) is 9.96. The molecule has 1 aromatic carbocycles. The molecule has 0 saturated carbocycles. The summed E-state index contributed by atoms with van der Waals surface area (Å²) in [6.07, 6.45) is -5.27. The monoisotopic (exact) mass is 274 g/mol.